The minimum absolute atomic E-state index is 0.0695. The van der Waals surface area contributed by atoms with Gasteiger partial charge in [-0.3, -0.25) is 4.79 Å². The highest BCUT2D eigenvalue weighted by Gasteiger charge is 2.76. The zero-order valence-corrected chi connectivity index (χ0v) is 30.1. The molecule has 2 N–H and O–H groups in total. The van der Waals surface area contributed by atoms with Crippen LogP contribution < -0.4 is 0 Å². The average molecular weight is 605 g/mol. The lowest BCUT2D eigenvalue weighted by Crippen LogP contribution is -2.67. The Labute approximate surface area is 252 Å². The van der Waals surface area contributed by atoms with Crippen molar-refractivity contribution in [1.82, 2.24) is 0 Å². The van der Waals surface area contributed by atoms with E-state index in [1.807, 2.05) is 13.0 Å². The summed E-state index contributed by atoms with van der Waals surface area (Å²) in [6.07, 6.45) is 3.06. The molecule has 0 aliphatic heterocycles. The van der Waals surface area contributed by atoms with Crippen LogP contribution in [0.1, 0.15) is 89.5 Å². The fourth-order valence-electron chi connectivity index (χ4n) is 9.83. The molecule has 5 nitrogen and oxygen atoms in total. The van der Waals surface area contributed by atoms with Crippen LogP contribution in [0.3, 0.4) is 0 Å². The van der Waals surface area contributed by atoms with Gasteiger partial charge in [0.15, 0.2) is 22.4 Å². The molecule has 41 heavy (non-hydrogen) atoms. The van der Waals surface area contributed by atoms with Crippen molar-refractivity contribution >= 4 is 22.4 Å². The number of fused-ring (bicyclic) bond motifs is 3. The molecule has 7 heteroatoms. The lowest BCUT2D eigenvalue weighted by atomic mass is 9.59. The van der Waals surface area contributed by atoms with E-state index >= 15 is 0 Å². The lowest BCUT2D eigenvalue weighted by molar-refractivity contribution is -0.187. The van der Waals surface area contributed by atoms with Crippen LogP contribution in [0.2, 0.25) is 35.3 Å². The summed E-state index contributed by atoms with van der Waals surface area (Å²) in [5.74, 6) is 0.302. The summed E-state index contributed by atoms with van der Waals surface area (Å²) in [5, 5.41) is 25.2. The van der Waals surface area contributed by atoms with Crippen LogP contribution in [0.15, 0.2) is 23.3 Å². The SMILES string of the molecule is CC[Si](CC)(OCC1=C[C@@H]2C(=O)[C@]3(C=C(C)[C@H](O)[C@@]3(O)[C@@H]1O[Si](CC)(CC)C(C)C)[C@H](C)C[C@@H]1[C@H]2C1(C)C)C(C)C. The number of carbonyl (C=O) groups excluding carboxylic acids is 1. The first-order valence-corrected chi connectivity index (χ1v) is 21.5. The molecule has 0 aromatic heterocycles. The van der Waals surface area contributed by atoms with Crippen LogP contribution in [0.25, 0.3) is 0 Å². The summed E-state index contributed by atoms with van der Waals surface area (Å²) in [7, 11) is -4.45. The number of hydrogen-bond donors (Lipinski definition) is 2. The normalized spacial score (nSPS) is 38.3. The molecule has 0 radical (unpaired) electrons. The zero-order valence-electron chi connectivity index (χ0n) is 28.1. The zero-order chi connectivity index (χ0) is 30.9. The highest BCUT2D eigenvalue weighted by molar-refractivity contribution is 6.75. The molecule has 0 aromatic rings. The molecule has 1 spiro atoms. The van der Waals surface area contributed by atoms with E-state index in [9.17, 15) is 15.0 Å². The van der Waals surface area contributed by atoms with Gasteiger partial charge in [-0.25, -0.2) is 0 Å². The highest BCUT2D eigenvalue weighted by atomic mass is 28.4. The Morgan fingerprint density at radius 2 is 1.54 bits per heavy atom. The second-order valence-electron chi connectivity index (χ2n) is 15.3. The van der Waals surface area contributed by atoms with Crippen LogP contribution in [-0.2, 0) is 13.6 Å². The maximum atomic E-state index is 15.0. The highest BCUT2D eigenvalue weighted by Crippen LogP contribution is 2.72. The van der Waals surface area contributed by atoms with E-state index in [1.54, 1.807) is 0 Å². The molecular weight excluding hydrogens is 545 g/mol. The molecule has 4 aliphatic rings. The number of Topliss-reactive ketones (excluding diaryl/α,β-unsaturated/α-hetero) is 1. The van der Waals surface area contributed by atoms with Gasteiger partial charge in [0, 0.05) is 5.92 Å². The quantitative estimate of drug-likeness (QED) is 0.187. The summed E-state index contributed by atoms with van der Waals surface area (Å²) in [4.78, 5) is 15.0. The van der Waals surface area contributed by atoms with Crippen molar-refractivity contribution in [3.63, 3.8) is 0 Å². The van der Waals surface area contributed by atoms with Crippen LogP contribution in [0.4, 0.5) is 0 Å². The summed E-state index contributed by atoms with van der Waals surface area (Å²) in [6, 6.07) is 3.86. The standard InChI is InChI=1S/C34H60O5Si2/c1-13-40(14-2,21(5)6)38-20-25-18-26-28-27(32(28,11)12)17-24(10)33(30(26)36)19-23(9)29(35)34(33,37)31(25)39-41(15-3,16-4)22(7)8/h18-19,21-22,24,26-29,31,35,37H,13-17,20H2,1-12H3/t24-,26+,27-,28+,29+,31-,33+,34-/m1/s1. The fourth-order valence-corrected chi connectivity index (χ4v) is 16.7. The summed E-state index contributed by atoms with van der Waals surface area (Å²) < 4.78 is 14.4. The number of aliphatic hydroxyl groups excluding tert-OH is 1. The first-order chi connectivity index (χ1) is 19.0. The van der Waals surface area contributed by atoms with E-state index < -0.39 is 39.9 Å². The monoisotopic (exact) mass is 604 g/mol. The minimum Gasteiger partial charge on any atom is -0.413 e. The van der Waals surface area contributed by atoms with Crippen LogP contribution in [0, 0.1) is 34.5 Å². The predicted molar refractivity (Wildman–Crippen MR) is 173 cm³/mol. The fraction of sp³-hybridized carbons (Fsp3) is 0.853. The number of allylic oxidation sites excluding steroid dienone is 1. The van der Waals surface area contributed by atoms with Crippen molar-refractivity contribution in [3.8, 4) is 0 Å². The molecule has 0 aromatic carbocycles. The smallest absolute Gasteiger partial charge is 0.195 e. The Balaban J connectivity index is 1.98. The van der Waals surface area contributed by atoms with Gasteiger partial charge in [0.25, 0.3) is 0 Å². The van der Waals surface area contributed by atoms with Gasteiger partial charge in [-0.2, -0.15) is 0 Å². The molecule has 0 saturated heterocycles. The van der Waals surface area contributed by atoms with Crippen LogP contribution >= 0.6 is 0 Å². The number of carbonyl (C=O) groups is 1. The summed E-state index contributed by atoms with van der Waals surface area (Å²) in [5.41, 5.74) is -0.526. The van der Waals surface area contributed by atoms with E-state index in [4.69, 9.17) is 8.85 Å². The minimum atomic E-state index is -2.37. The molecule has 0 amide bonds. The second kappa shape index (κ2) is 11.1. The Morgan fingerprint density at radius 1 is 1.00 bits per heavy atom. The van der Waals surface area contributed by atoms with Gasteiger partial charge in [-0.1, -0.05) is 88.3 Å². The number of aliphatic hydroxyl groups is 2. The Bertz CT molecular complexity index is 1070. The number of rotatable bonds is 11. The van der Waals surface area contributed by atoms with Gasteiger partial charge in [0.05, 0.1) is 12.0 Å². The Kier molecular flexibility index (Phi) is 9.02. The van der Waals surface area contributed by atoms with Crippen molar-refractivity contribution < 1.29 is 23.9 Å². The maximum absolute atomic E-state index is 15.0. The first kappa shape index (κ1) is 33.3. The molecule has 4 rings (SSSR count). The van der Waals surface area contributed by atoms with E-state index in [0.29, 0.717) is 29.2 Å². The molecule has 2 bridgehead atoms. The third-order valence-corrected chi connectivity index (χ3v) is 23.5. The Morgan fingerprint density at radius 3 is 2.02 bits per heavy atom. The molecule has 0 heterocycles. The first-order valence-electron chi connectivity index (χ1n) is 16.7. The van der Waals surface area contributed by atoms with Crippen LogP contribution in [0.5, 0.6) is 0 Å². The lowest BCUT2D eigenvalue weighted by Gasteiger charge is -2.52. The van der Waals surface area contributed by atoms with Crippen molar-refractivity contribution in [2.24, 2.45) is 34.5 Å². The van der Waals surface area contributed by atoms with E-state index in [1.165, 1.54) is 0 Å². The molecule has 2 saturated carbocycles. The number of ketones is 1. The second-order valence-corrected chi connectivity index (χ2v) is 25.3. The van der Waals surface area contributed by atoms with Crippen LogP contribution in [-0.4, -0.2) is 57.0 Å². The molecule has 0 unspecified atom stereocenters. The van der Waals surface area contributed by atoms with Crippen molar-refractivity contribution in [2.45, 2.75) is 143 Å². The molecule has 2 fully saturated rings. The molecule has 4 aliphatic carbocycles. The van der Waals surface area contributed by atoms with Gasteiger partial charge < -0.3 is 19.1 Å². The largest absolute Gasteiger partial charge is 0.413 e. The third kappa shape index (κ3) is 4.53. The number of hydrogen-bond acceptors (Lipinski definition) is 5. The van der Waals surface area contributed by atoms with Crippen molar-refractivity contribution in [2.75, 3.05) is 6.61 Å². The van der Waals surface area contributed by atoms with Gasteiger partial charge in [0.2, 0.25) is 0 Å². The van der Waals surface area contributed by atoms with E-state index in [2.05, 4.69) is 82.2 Å². The van der Waals surface area contributed by atoms with Gasteiger partial charge in [-0.05, 0) is 82.9 Å². The predicted octanol–water partition coefficient (Wildman–Crippen LogP) is 7.65. The van der Waals surface area contributed by atoms with Crippen molar-refractivity contribution in [1.29, 1.82) is 0 Å². The van der Waals surface area contributed by atoms with E-state index in [-0.39, 0.29) is 29.0 Å². The summed E-state index contributed by atoms with van der Waals surface area (Å²) >= 11 is 0. The molecular formula is C34H60O5Si2. The maximum Gasteiger partial charge on any atom is 0.195 e. The van der Waals surface area contributed by atoms with Gasteiger partial charge in [0.1, 0.15) is 17.8 Å². The third-order valence-electron chi connectivity index (χ3n) is 13.1. The topological polar surface area (TPSA) is 76.0 Å². The summed E-state index contributed by atoms with van der Waals surface area (Å²) in [6.45, 7) is 26.9. The van der Waals surface area contributed by atoms with Crippen molar-refractivity contribution in [3.05, 3.63) is 23.3 Å². The molecule has 8 atom stereocenters. The average Bonchev–Trinajstić information content (AvgIpc) is 3.43. The van der Waals surface area contributed by atoms with E-state index in [0.717, 1.165) is 36.2 Å². The Hall–Kier alpha value is -0.576. The van der Waals surface area contributed by atoms with Gasteiger partial charge >= 0.3 is 0 Å². The van der Waals surface area contributed by atoms with Gasteiger partial charge in [-0.15, -0.1) is 0 Å². The molecule has 234 valence electrons.